The number of carbonyl (C=O) groups excluding carboxylic acids is 1. The molecule has 0 fully saturated rings. The molecule has 3 N–H and O–H groups in total. The van der Waals surface area contributed by atoms with Gasteiger partial charge in [-0.3, -0.25) is 4.79 Å². The molecule has 0 radical (unpaired) electrons. The van der Waals surface area contributed by atoms with Crippen LogP contribution in [0.2, 0.25) is 0 Å². The number of tetrazole rings is 2. The second-order valence-electron chi connectivity index (χ2n) is 11.1. The number of aryl methyl sites for hydroxylation is 2. The zero-order chi connectivity index (χ0) is 31.4. The van der Waals surface area contributed by atoms with E-state index in [2.05, 4.69) is 46.6 Å². The summed E-state index contributed by atoms with van der Waals surface area (Å²) in [5.41, 5.74) is 2.96. The van der Waals surface area contributed by atoms with Crippen molar-refractivity contribution in [1.82, 2.24) is 40.6 Å². The Hall–Kier alpha value is -5.79. The van der Waals surface area contributed by atoms with Crippen LogP contribution in [0.3, 0.4) is 0 Å². The summed E-state index contributed by atoms with van der Waals surface area (Å²) < 4.78 is 0. The highest BCUT2D eigenvalue weighted by Crippen LogP contribution is 2.41. The molecular formula is C30H31N11O3. The lowest BCUT2D eigenvalue weighted by Gasteiger charge is -2.23. The van der Waals surface area contributed by atoms with E-state index in [-0.39, 0.29) is 17.4 Å². The summed E-state index contributed by atoms with van der Waals surface area (Å²) in [7, 11) is 0. The SMILES string of the molecule is Cc1nnnn1/N=C/c1ccc(O)c(C(c2cccc(NC(=O)C(C)(C)C)c2)c2cc(/C=N/n3nnnc3C)ccc2O)c1. The lowest BCUT2D eigenvalue weighted by atomic mass is 9.82. The van der Waals surface area contributed by atoms with E-state index < -0.39 is 11.3 Å². The van der Waals surface area contributed by atoms with Gasteiger partial charge in [0.25, 0.3) is 0 Å². The Kier molecular flexibility index (Phi) is 8.24. The Morgan fingerprint density at radius 2 is 1.34 bits per heavy atom. The minimum Gasteiger partial charge on any atom is -0.508 e. The fraction of sp³-hybridized carbons (Fsp3) is 0.233. The minimum absolute atomic E-state index is 0.00216. The topological polar surface area (TPSA) is 181 Å². The molecule has 0 saturated carbocycles. The lowest BCUT2D eigenvalue weighted by molar-refractivity contribution is -0.123. The van der Waals surface area contributed by atoms with Gasteiger partial charge >= 0.3 is 0 Å². The standard InChI is InChI=1S/C30H31N11O3/c1-18-34-36-38-40(18)31-16-20-9-11-26(42)24(13-20)28(22-7-6-8-23(15-22)33-29(44)30(3,4)5)25-14-21(10-12-27(25)43)17-32-41-19(2)35-37-39-41/h6-17,28,42-43H,1-5H3,(H,33,44)/b31-16+,32-17+. The molecule has 14 nitrogen and oxygen atoms in total. The van der Waals surface area contributed by atoms with E-state index in [1.54, 1.807) is 68.7 Å². The maximum atomic E-state index is 12.8. The van der Waals surface area contributed by atoms with Gasteiger partial charge in [-0.15, -0.1) is 19.8 Å². The molecular weight excluding hydrogens is 562 g/mol. The molecule has 0 atom stereocenters. The van der Waals surface area contributed by atoms with Gasteiger partial charge < -0.3 is 15.5 Å². The molecule has 0 spiro atoms. The number of aromatic hydroxyl groups is 2. The van der Waals surface area contributed by atoms with Crippen molar-refractivity contribution in [3.8, 4) is 11.5 Å². The zero-order valence-electron chi connectivity index (χ0n) is 24.8. The van der Waals surface area contributed by atoms with Crippen LogP contribution in [-0.4, -0.2) is 69.2 Å². The summed E-state index contributed by atoms with van der Waals surface area (Å²) in [5, 5.41) is 56.5. The number of hydrogen-bond donors (Lipinski definition) is 3. The highest BCUT2D eigenvalue weighted by Gasteiger charge is 2.25. The number of rotatable bonds is 8. The van der Waals surface area contributed by atoms with Crippen molar-refractivity contribution in [2.45, 2.75) is 40.5 Å². The van der Waals surface area contributed by atoms with Gasteiger partial charge in [0.05, 0.1) is 12.4 Å². The van der Waals surface area contributed by atoms with Gasteiger partial charge in [0.15, 0.2) is 11.6 Å². The predicted octanol–water partition coefficient (Wildman–Crippen LogP) is 3.62. The molecule has 224 valence electrons. The van der Waals surface area contributed by atoms with Gasteiger partial charge in [0, 0.05) is 28.1 Å². The second kappa shape index (κ2) is 12.2. The minimum atomic E-state index is -0.673. The quantitative estimate of drug-likeness (QED) is 0.179. The number of phenols is 2. The monoisotopic (exact) mass is 593 g/mol. The molecule has 0 aliphatic rings. The van der Waals surface area contributed by atoms with Crippen LogP contribution < -0.4 is 5.32 Å². The third-order valence-corrected chi connectivity index (χ3v) is 6.72. The van der Waals surface area contributed by atoms with Crippen LogP contribution >= 0.6 is 0 Å². The number of hydrogen-bond acceptors (Lipinski definition) is 11. The first-order valence-electron chi connectivity index (χ1n) is 13.7. The molecule has 5 rings (SSSR count). The Morgan fingerprint density at radius 3 is 1.80 bits per heavy atom. The van der Waals surface area contributed by atoms with Crippen LogP contribution in [0.25, 0.3) is 0 Å². The predicted molar refractivity (Wildman–Crippen MR) is 163 cm³/mol. The smallest absolute Gasteiger partial charge is 0.229 e. The van der Waals surface area contributed by atoms with Crippen molar-refractivity contribution < 1.29 is 15.0 Å². The summed E-state index contributed by atoms with van der Waals surface area (Å²) in [4.78, 5) is 15.4. The first-order chi connectivity index (χ1) is 21.0. The largest absolute Gasteiger partial charge is 0.508 e. The number of carbonyl (C=O) groups is 1. The van der Waals surface area contributed by atoms with Gasteiger partial charge in [-0.1, -0.05) is 32.9 Å². The average molecular weight is 594 g/mol. The third kappa shape index (κ3) is 6.64. The Balaban J connectivity index is 1.63. The van der Waals surface area contributed by atoms with E-state index in [1.165, 1.54) is 9.58 Å². The summed E-state index contributed by atoms with van der Waals surface area (Å²) in [6.45, 7) is 8.94. The molecule has 0 aliphatic heterocycles. The number of benzene rings is 3. The van der Waals surface area contributed by atoms with Crippen LogP contribution in [0.15, 0.2) is 70.9 Å². The van der Waals surface area contributed by atoms with E-state index in [0.29, 0.717) is 45.2 Å². The third-order valence-electron chi connectivity index (χ3n) is 6.72. The van der Waals surface area contributed by atoms with E-state index in [9.17, 15) is 15.0 Å². The summed E-state index contributed by atoms with van der Waals surface area (Å²) in [6, 6.07) is 17.4. The van der Waals surface area contributed by atoms with Gasteiger partial charge in [-0.05, 0) is 99.9 Å². The van der Waals surface area contributed by atoms with Crippen LogP contribution in [0.1, 0.15) is 66.2 Å². The van der Waals surface area contributed by atoms with Gasteiger partial charge in [0.1, 0.15) is 11.5 Å². The molecule has 0 saturated heterocycles. The number of aromatic nitrogens is 8. The highest BCUT2D eigenvalue weighted by atomic mass is 16.3. The van der Waals surface area contributed by atoms with Gasteiger partial charge in [-0.25, -0.2) is 0 Å². The number of amides is 1. The Bertz CT molecular complexity index is 1770. The normalized spacial score (nSPS) is 12.0. The van der Waals surface area contributed by atoms with E-state index >= 15 is 0 Å². The van der Waals surface area contributed by atoms with E-state index in [0.717, 1.165) is 0 Å². The molecule has 5 aromatic rings. The van der Waals surface area contributed by atoms with Crippen molar-refractivity contribution >= 4 is 24.0 Å². The van der Waals surface area contributed by atoms with Crippen molar-refractivity contribution in [3.05, 3.63) is 100 Å². The maximum Gasteiger partial charge on any atom is 0.229 e. The highest BCUT2D eigenvalue weighted by molar-refractivity contribution is 5.94. The van der Waals surface area contributed by atoms with Crippen LogP contribution in [0, 0.1) is 19.3 Å². The lowest BCUT2D eigenvalue weighted by Crippen LogP contribution is -2.27. The van der Waals surface area contributed by atoms with Crippen LogP contribution in [0.4, 0.5) is 5.69 Å². The van der Waals surface area contributed by atoms with Crippen molar-refractivity contribution in [3.63, 3.8) is 0 Å². The molecule has 0 bridgehead atoms. The Labute approximate surface area is 252 Å². The molecule has 2 heterocycles. The summed E-state index contributed by atoms with van der Waals surface area (Å²) >= 11 is 0. The summed E-state index contributed by atoms with van der Waals surface area (Å²) in [5.74, 6) is 0.187. The first-order valence-corrected chi connectivity index (χ1v) is 13.7. The summed E-state index contributed by atoms with van der Waals surface area (Å²) in [6.07, 6.45) is 3.14. The fourth-order valence-corrected chi connectivity index (χ4v) is 4.32. The van der Waals surface area contributed by atoms with E-state index in [1.807, 2.05) is 39.0 Å². The van der Waals surface area contributed by atoms with E-state index in [4.69, 9.17) is 0 Å². The molecule has 3 aromatic carbocycles. The van der Waals surface area contributed by atoms with Gasteiger partial charge in [-0.2, -0.15) is 10.2 Å². The molecule has 0 aliphatic carbocycles. The molecule has 44 heavy (non-hydrogen) atoms. The average Bonchev–Trinajstić information content (AvgIpc) is 3.60. The van der Waals surface area contributed by atoms with Crippen LogP contribution in [0.5, 0.6) is 11.5 Å². The molecule has 2 aromatic heterocycles. The number of nitrogens with one attached hydrogen (secondary N) is 1. The maximum absolute atomic E-state index is 12.8. The Morgan fingerprint density at radius 1 is 0.818 bits per heavy atom. The first kappa shape index (κ1) is 29.7. The van der Waals surface area contributed by atoms with Crippen molar-refractivity contribution in [1.29, 1.82) is 0 Å². The van der Waals surface area contributed by atoms with Gasteiger partial charge in [0.2, 0.25) is 5.91 Å². The van der Waals surface area contributed by atoms with Crippen molar-refractivity contribution in [2.24, 2.45) is 15.6 Å². The fourth-order valence-electron chi connectivity index (χ4n) is 4.32. The number of anilines is 1. The van der Waals surface area contributed by atoms with Crippen LogP contribution in [-0.2, 0) is 4.79 Å². The zero-order valence-corrected chi connectivity index (χ0v) is 24.8. The number of phenolic OH excluding ortho intramolecular Hbond substituents is 2. The number of nitrogens with zero attached hydrogens (tertiary/aromatic N) is 10. The molecule has 14 heteroatoms. The second-order valence-corrected chi connectivity index (χ2v) is 11.1. The molecule has 1 amide bonds. The van der Waals surface area contributed by atoms with Crippen molar-refractivity contribution in [2.75, 3.05) is 5.32 Å². The molecule has 0 unspecified atom stereocenters.